The summed E-state index contributed by atoms with van der Waals surface area (Å²) >= 11 is 0. The summed E-state index contributed by atoms with van der Waals surface area (Å²) in [6, 6.07) is 1.23. The Morgan fingerprint density at radius 3 is 2.20 bits per heavy atom. The van der Waals surface area contributed by atoms with E-state index in [4.69, 9.17) is 8.85 Å². The van der Waals surface area contributed by atoms with Crippen LogP contribution < -0.4 is 0 Å². The molecule has 0 bridgehead atoms. The maximum atomic E-state index is 6.46. The molecule has 0 aromatic rings. The number of hydrogen-bond donors (Lipinski definition) is 0. The van der Waals surface area contributed by atoms with E-state index in [0.717, 1.165) is 25.2 Å². The highest BCUT2D eigenvalue weighted by molar-refractivity contribution is 6.69. The van der Waals surface area contributed by atoms with Gasteiger partial charge in [0.2, 0.25) is 0 Å². The van der Waals surface area contributed by atoms with E-state index in [1.54, 1.807) is 0 Å². The predicted molar refractivity (Wildman–Crippen MR) is 89.4 cm³/mol. The van der Waals surface area contributed by atoms with Gasteiger partial charge in [-0.3, -0.25) is 0 Å². The van der Waals surface area contributed by atoms with Crippen LogP contribution in [0.4, 0.5) is 0 Å². The van der Waals surface area contributed by atoms with Crippen LogP contribution in [0.1, 0.15) is 85.0 Å². The van der Waals surface area contributed by atoms with E-state index in [1.165, 1.54) is 63.8 Å². The zero-order chi connectivity index (χ0) is 14.7. The van der Waals surface area contributed by atoms with Gasteiger partial charge in [-0.1, -0.05) is 58.8 Å². The summed E-state index contributed by atoms with van der Waals surface area (Å²) in [4.78, 5) is 0. The molecule has 1 saturated carbocycles. The summed E-state index contributed by atoms with van der Waals surface area (Å²) in [7, 11) is -1.97. The smallest absolute Gasteiger partial charge is 0.341 e. The van der Waals surface area contributed by atoms with E-state index in [1.807, 2.05) is 0 Å². The Hall–Kier alpha value is 0.137. The van der Waals surface area contributed by atoms with Crippen molar-refractivity contribution in [1.29, 1.82) is 0 Å². The van der Waals surface area contributed by atoms with Gasteiger partial charge < -0.3 is 8.85 Å². The van der Waals surface area contributed by atoms with Crippen LogP contribution in [0, 0.1) is 0 Å². The SMILES string of the molecule is CCCCCC[Si](OCC)(OCCC)C1CCCCC1. The summed E-state index contributed by atoms with van der Waals surface area (Å²) in [5, 5.41) is 0. The van der Waals surface area contributed by atoms with E-state index in [0.29, 0.717) is 0 Å². The molecule has 1 atom stereocenters. The first kappa shape index (κ1) is 18.2. The first-order valence-corrected chi connectivity index (χ1v) is 11.2. The molecule has 0 amide bonds. The van der Waals surface area contributed by atoms with Crippen molar-refractivity contribution in [1.82, 2.24) is 0 Å². The van der Waals surface area contributed by atoms with Crippen LogP contribution in [0.15, 0.2) is 0 Å². The Labute approximate surface area is 127 Å². The van der Waals surface area contributed by atoms with Crippen LogP contribution in [0.2, 0.25) is 11.6 Å². The van der Waals surface area contributed by atoms with Gasteiger partial charge in [-0.25, -0.2) is 0 Å². The lowest BCUT2D eigenvalue weighted by atomic mass is 10.0. The van der Waals surface area contributed by atoms with Crippen LogP contribution in [-0.2, 0) is 8.85 Å². The zero-order valence-electron chi connectivity index (χ0n) is 14.1. The lowest BCUT2D eigenvalue weighted by molar-refractivity contribution is 0.156. The summed E-state index contributed by atoms with van der Waals surface area (Å²) in [5.74, 6) is 0. The predicted octanol–water partition coefficient (Wildman–Crippen LogP) is 5.81. The van der Waals surface area contributed by atoms with Crippen molar-refractivity contribution < 1.29 is 8.85 Å². The van der Waals surface area contributed by atoms with Crippen molar-refractivity contribution >= 4 is 8.56 Å². The van der Waals surface area contributed by atoms with Crippen molar-refractivity contribution in [2.24, 2.45) is 0 Å². The van der Waals surface area contributed by atoms with Crippen molar-refractivity contribution in [3.8, 4) is 0 Å². The molecule has 20 heavy (non-hydrogen) atoms. The summed E-state index contributed by atoms with van der Waals surface area (Å²) in [6.45, 7) is 8.37. The molecule has 0 aliphatic heterocycles. The normalized spacial score (nSPS) is 19.9. The molecule has 120 valence electrons. The van der Waals surface area contributed by atoms with Gasteiger partial charge in [0.05, 0.1) is 0 Å². The fourth-order valence-electron chi connectivity index (χ4n) is 3.49. The third-order valence-electron chi connectivity index (χ3n) is 4.55. The summed E-state index contributed by atoms with van der Waals surface area (Å²) < 4.78 is 12.8. The van der Waals surface area contributed by atoms with Gasteiger partial charge in [-0.15, -0.1) is 0 Å². The zero-order valence-corrected chi connectivity index (χ0v) is 15.1. The molecule has 0 N–H and O–H groups in total. The molecule has 1 rings (SSSR count). The van der Waals surface area contributed by atoms with E-state index in [2.05, 4.69) is 20.8 Å². The average Bonchev–Trinajstić information content (AvgIpc) is 2.50. The first-order valence-electron chi connectivity index (χ1n) is 9.07. The van der Waals surface area contributed by atoms with E-state index < -0.39 is 8.56 Å². The summed E-state index contributed by atoms with van der Waals surface area (Å²) in [5.41, 5.74) is 0.754. The fraction of sp³-hybridized carbons (Fsp3) is 1.00. The molecule has 0 aromatic carbocycles. The molecular formula is C17H36O2Si. The minimum atomic E-state index is -1.97. The molecule has 3 heteroatoms. The largest absolute Gasteiger partial charge is 0.394 e. The van der Waals surface area contributed by atoms with Crippen molar-refractivity contribution in [2.75, 3.05) is 13.2 Å². The molecule has 1 aliphatic carbocycles. The van der Waals surface area contributed by atoms with Crippen LogP contribution >= 0.6 is 0 Å². The van der Waals surface area contributed by atoms with Gasteiger partial charge >= 0.3 is 8.56 Å². The monoisotopic (exact) mass is 300 g/mol. The molecule has 0 radical (unpaired) electrons. The van der Waals surface area contributed by atoms with Crippen molar-refractivity contribution in [3.05, 3.63) is 0 Å². The lowest BCUT2D eigenvalue weighted by Crippen LogP contribution is -2.48. The molecule has 0 spiro atoms. The third-order valence-corrected chi connectivity index (χ3v) is 8.89. The molecule has 1 unspecified atom stereocenters. The van der Waals surface area contributed by atoms with Crippen LogP contribution in [-0.4, -0.2) is 21.8 Å². The second-order valence-electron chi connectivity index (χ2n) is 6.24. The minimum Gasteiger partial charge on any atom is -0.394 e. The number of hydrogen-bond acceptors (Lipinski definition) is 2. The van der Waals surface area contributed by atoms with Crippen molar-refractivity contribution in [2.45, 2.75) is 96.6 Å². The summed E-state index contributed by atoms with van der Waals surface area (Å²) in [6.07, 6.45) is 13.3. The van der Waals surface area contributed by atoms with Gasteiger partial charge in [0.15, 0.2) is 0 Å². The molecule has 2 nitrogen and oxygen atoms in total. The molecular weight excluding hydrogens is 264 g/mol. The highest BCUT2D eigenvalue weighted by atomic mass is 28.4. The van der Waals surface area contributed by atoms with Gasteiger partial charge in [-0.05, 0) is 32.2 Å². The topological polar surface area (TPSA) is 18.5 Å². The molecule has 0 aromatic heterocycles. The Morgan fingerprint density at radius 1 is 0.850 bits per heavy atom. The molecule has 1 fully saturated rings. The fourth-order valence-corrected chi connectivity index (χ4v) is 7.81. The standard InChI is InChI=1S/C17H36O2Si/c1-4-7-8-12-16-20(18-6-3,19-15-5-2)17-13-10-9-11-14-17/h17H,4-16H2,1-3H3. The lowest BCUT2D eigenvalue weighted by Gasteiger charge is -2.39. The quantitative estimate of drug-likeness (QED) is 0.354. The molecule has 1 aliphatic rings. The number of unbranched alkanes of at least 4 members (excludes halogenated alkanes) is 3. The van der Waals surface area contributed by atoms with Crippen molar-refractivity contribution in [3.63, 3.8) is 0 Å². The Kier molecular flexibility index (Phi) is 9.83. The van der Waals surface area contributed by atoms with Gasteiger partial charge in [0.1, 0.15) is 0 Å². The van der Waals surface area contributed by atoms with Gasteiger partial charge in [-0.2, -0.15) is 0 Å². The van der Waals surface area contributed by atoms with Crippen LogP contribution in [0.3, 0.4) is 0 Å². The van der Waals surface area contributed by atoms with Crippen LogP contribution in [0.25, 0.3) is 0 Å². The Morgan fingerprint density at radius 2 is 1.60 bits per heavy atom. The molecule has 0 heterocycles. The highest BCUT2D eigenvalue weighted by Gasteiger charge is 2.45. The third kappa shape index (κ3) is 5.86. The van der Waals surface area contributed by atoms with Crippen LogP contribution in [0.5, 0.6) is 0 Å². The second kappa shape index (κ2) is 10.8. The Balaban J connectivity index is 2.64. The van der Waals surface area contributed by atoms with Gasteiger partial charge in [0, 0.05) is 18.8 Å². The molecule has 0 saturated heterocycles. The van der Waals surface area contributed by atoms with E-state index >= 15 is 0 Å². The van der Waals surface area contributed by atoms with E-state index in [9.17, 15) is 0 Å². The average molecular weight is 301 g/mol. The maximum Gasteiger partial charge on any atom is 0.341 e. The maximum absolute atomic E-state index is 6.46. The second-order valence-corrected chi connectivity index (χ2v) is 9.76. The Bertz CT molecular complexity index is 229. The number of rotatable bonds is 11. The first-order chi connectivity index (χ1) is 9.79. The van der Waals surface area contributed by atoms with E-state index in [-0.39, 0.29) is 0 Å². The highest BCUT2D eigenvalue weighted by Crippen LogP contribution is 2.41. The minimum absolute atomic E-state index is 0.754. The van der Waals surface area contributed by atoms with Gasteiger partial charge in [0.25, 0.3) is 0 Å².